The fraction of sp³-hybridized carbons (Fsp3) is 0.0500. The van der Waals surface area contributed by atoms with Gasteiger partial charge in [-0.25, -0.2) is 4.98 Å². The summed E-state index contributed by atoms with van der Waals surface area (Å²) >= 11 is 12.3. The normalized spacial score (nSPS) is 10.8. The Hall–Kier alpha value is -2.89. The van der Waals surface area contributed by atoms with E-state index in [1.54, 1.807) is 24.4 Å². The largest absolute Gasteiger partial charge is 0.338 e. The highest BCUT2D eigenvalue weighted by Gasteiger charge is 2.08. The topological polar surface area (TPSA) is 62.7 Å². The number of halogens is 2. The number of hydrogen-bond donors (Lipinski definition) is 2. The van der Waals surface area contributed by atoms with Crippen molar-refractivity contribution in [3.63, 3.8) is 0 Å². The minimum atomic E-state index is 0.426. The van der Waals surface area contributed by atoms with Crippen LogP contribution < -0.4 is 10.6 Å². The van der Waals surface area contributed by atoms with Crippen LogP contribution in [0.15, 0.2) is 60.8 Å². The summed E-state index contributed by atoms with van der Waals surface area (Å²) in [5.74, 6) is 1.08. The first-order chi connectivity index (χ1) is 13.1. The number of rotatable bonds is 4. The zero-order valence-corrected chi connectivity index (χ0v) is 15.9. The van der Waals surface area contributed by atoms with Gasteiger partial charge in [-0.05, 0) is 37.3 Å². The van der Waals surface area contributed by atoms with Crippen molar-refractivity contribution >= 4 is 57.2 Å². The molecule has 0 unspecified atom stereocenters. The molecule has 2 N–H and O–H groups in total. The number of benzene rings is 2. The van der Waals surface area contributed by atoms with Crippen LogP contribution in [0.4, 0.5) is 23.1 Å². The van der Waals surface area contributed by atoms with Crippen LogP contribution in [0.5, 0.6) is 0 Å². The quantitative estimate of drug-likeness (QED) is 0.435. The Bertz CT molecular complexity index is 1130. The molecule has 0 amide bonds. The van der Waals surface area contributed by atoms with E-state index in [9.17, 15) is 0 Å². The van der Waals surface area contributed by atoms with Gasteiger partial charge < -0.3 is 10.6 Å². The summed E-state index contributed by atoms with van der Waals surface area (Å²) in [5, 5.41) is 8.62. The molecule has 0 saturated carbocycles. The van der Waals surface area contributed by atoms with Gasteiger partial charge >= 0.3 is 0 Å². The SMILES string of the molecule is Cc1cc(Nc2cccc3cccnc23)nc(Nc2cc(Cl)ccc2Cl)n1. The maximum absolute atomic E-state index is 6.22. The Labute approximate surface area is 166 Å². The number of aromatic nitrogens is 3. The van der Waals surface area contributed by atoms with E-state index in [1.807, 2.05) is 43.3 Å². The molecule has 4 rings (SSSR count). The third-order valence-electron chi connectivity index (χ3n) is 3.92. The summed E-state index contributed by atoms with van der Waals surface area (Å²) < 4.78 is 0. The Kier molecular flexibility index (Phi) is 4.79. The predicted molar refractivity (Wildman–Crippen MR) is 112 cm³/mol. The van der Waals surface area contributed by atoms with Crippen molar-refractivity contribution in [2.45, 2.75) is 6.92 Å². The van der Waals surface area contributed by atoms with E-state index < -0.39 is 0 Å². The fourth-order valence-corrected chi connectivity index (χ4v) is 3.08. The van der Waals surface area contributed by atoms with Gasteiger partial charge in [0.05, 0.1) is 21.9 Å². The summed E-state index contributed by atoms with van der Waals surface area (Å²) in [6, 6.07) is 17.0. The van der Waals surface area contributed by atoms with Crippen molar-refractivity contribution in [2.24, 2.45) is 0 Å². The molecule has 2 aromatic heterocycles. The highest BCUT2D eigenvalue weighted by atomic mass is 35.5. The molecule has 0 saturated heterocycles. The number of nitrogens with one attached hydrogen (secondary N) is 2. The molecule has 4 aromatic rings. The molecule has 5 nitrogen and oxygen atoms in total. The van der Waals surface area contributed by atoms with Gasteiger partial charge in [0.15, 0.2) is 0 Å². The molecule has 134 valence electrons. The van der Waals surface area contributed by atoms with Crippen LogP contribution in [-0.4, -0.2) is 15.0 Å². The molecule has 0 bridgehead atoms. The number of hydrogen-bond acceptors (Lipinski definition) is 5. The molecule has 0 aliphatic heterocycles. The first-order valence-electron chi connectivity index (χ1n) is 8.27. The van der Waals surface area contributed by atoms with Crippen molar-refractivity contribution in [3.05, 3.63) is 76.5 Å². The van der Waals surface area contributed by atoms with Crippen molar-refractivity contribution < 1.29 is 0 Å². The van der Waals surface area contributed by atoms with Crippen LogP contribution >= 0.6 is 23.2 Å². The molecular weight excluding hydrogens is 381 g/mol. The lowest BCUT2D eigenvalue weighted by atomic mass is 10.2. The van der Waals surface area contributed by atoms with Crippen molar-refractivity contribution in [2.75, 3.05) is 10.6 Å². The smallest absolute Gasteiger partial charge is 0.229 e. The van der Waals surface area contributed by atoms with Gasteiger partial charge in [-0.3, -0.25) is 4.98 Å². The second-order valence-corrected chi connectivity index (χ2v) is 6.82. The average Bonchev–Trinajstić information content (AvgIpc) is 2.65. The van der Waals surface area contributed by atoms with Crippen LogP contribution in [0.25, 0.3) is 10.9 Å². The highest BCUT2D eigenvalue weighted by Crippen LogP contribution is 2.29. The maximum atomic E-state index is 6.22. The van der Waals surface area contributed by atoms with Crippen LogP contribution in [0.3, 0.4) is 0 Å². The summed E-state index contributed by atoms with van der Waals surface area (Å²) in [6.07, 6.45) is 1.77. The van der Waals surface area contributed by atoms with Gasteiger partial charge in [0, 0.05) is 28.4 Å². The lowest BCUT2D eigenvalue weighted by Gasteiger charge is -2.12. The minimum absolute atomic E-state index is 0.426. The molecule has 2 heterocycles. The van der Waals surface area contributed by atoms with Gasteiger partial charge in [-0.2, -0.15) is 4.98 Å². The van der Waals surface area contributed by atoms with Crippen LogP contribution in [-0.2, 0) is 0 Å². The van der Waals surface area contributed by atoms with Crippen molar-refractivity contribution in [3.8, 4) is 0 Å². The molecule has 0 fully saturated rings. The summed E-state index contributed by atoms with van der Waals surface area (Å²) in [5.41, 5.74) is 3.20. The first-order valence-corrected chi connectivity index (χ1v) is 9.02. The molecule has 0 spiro atoms. The van der Waals surface area contributed by atoms with Crippen LogP contribution in [0.2, 0.25) is 10.0 Å². The van der Waals surface area contributed by atoms with Crippen LogP contribution in [0.1, 0.15) is 5.69 Å². The molecule has 0 atom stereocenters. The first kappa shape index (κ1) is 17.5. The lowest BCUT2D eigenvalue weighted by molar-refractivity contribution is 1.11. The van der Waals surface area contributed by atoms with E-state index in [2.05, 4.69) is 25.6 Å². The molecule has 27 heavy (non-hydrogen) atoms. The zero-order chi connectivity index (χ0) is 18.8. The highest BCUT2D eigenvalue weighted by molar-refractivity contribution is 6.35. The maximum Gasteiger partial charge on any atom is 0.229 e. The van der Waals surface area contributed by atoms with E-state index >= 15 is 0 Å². The molecular formula is C20H15Cl2N5. The van der Waals surface area contributed by atoms with Gasteiger partial charge in [0.25, 0.3) is 0 Å². The Morgan fingerprint density at radius 3 is 2.59 bits per heavy atom. The number of pyridine rings is 1. The third-order valence-corrected chi connectivity index (χ3v) is 4.49. The summed E-state index contributed by atoms with van der Waals surface area (Å²) in [7, 11) is 0. The Balaban J connectivity index is 1.67. The van der Waals surface area contributed by atoms with E-state index in [-0.39, 0.29) is 0 Å². The van der Waals surface area contributed by atoms with Gasteiger partial charge in [0.1, 0.15) is 5.82 Å². The zero-order valence-electron chi connectivity index (χ0n) is 14.4. The van der Waals surface area contributed by atoms with E-state index in [0.717, 1.165) is 22.3 Å². The average molecular weight is 396 g/mol. The van der Waals surface area contributed by atoms with Gasteiger partial charge in [-0.1, -0.05) is 41.4 Å². The molecule has 7 heteroatoms. The predicted octanol–water partition coefficient (Wildman–Crippen LogP) is 6.13. The van der Waals surface area contributed by atoms with Gasteiger partial charge in [-0.15, -0.1) is 0 Å². The van der Waals surface area contributed by atoms with E-state index in [1.165, 1.54) is 0 Å². The standard InChI is InChI=1S/C20H15Cl2N5/c1-12-10-18(25-16-6-2-4-13-5-3-9-23-19(13)16)27-20(24-12)26-17-11-14(21)7-8-15(17)22/h2-11H,1H3,(H2,24,25,26,27). The Morgan fingerprint density at radius 2 is 1.70 bits per heavy atom. The van der Waals surface area contributed by atoms with E-state index in [4.69, 9.17) is 23.2 Å². The third kappa shape index (κ3) is 3.94. The van der Waals surface area contributed by atoms with Crippen LogP contribution in [0, 0.1) is 6.92 Å². The van der Waals surface area contributed by atoms with Gasteiger partial charge in [0.2, 0.25) is 5.95 Å². The molecule has 0 aliphatic carbocycles. The second kappa shape index (κ2) is 7.39. The second-order valence-electron chi connectivity index (χ2n) is 5.97. The minimum Gasteiger partial charge on any atom is -0.338 e. The lowest BCUT2D eigenvalue weighted by Crippen LogP contribution is -2.03. The van der Waals surface area contributed by atoms with E-state index in [0.29, 0.717) is 27.5 Å². The number of nitrogens with zero attached hydrogens (tertiary/aromatic N) is 3. The Morgan fingerprint density at radius 1 is 0.852 bits per heavy atom. The number of aryl methyl sites for hydroxylation is 1. The number of para-hydroxylation sites is 1. The summed E-state index contributed by atoms with van der Waals surface area (Å²) in [4.78, 5) is 13.4. The monoisotopic (exact) mass is 395 g/mol. The number of fused-ring (bicyclic) bond motifs is 1. The molecule has 0 aliphatic rings. The summed E-state index contributed by atoms with van der Waals surface area (Å²) in [6.45, 7) is 1.90. The number of anilines is 4. The van der Waals surface area contributed by atoms with Crippen molar-refractivity contribution in [1.29, 1.82) is 0 Å². The molecule has 0 radical (unpaired) electrons. The van der Waals surface area contributed by atoms with Crippen molar-refractivity contribution in [1.82, 2.24) is 15.0 Å². The molecule has 2 aromatic carbocycles. The fourth-order valence-electron chi connectivity index (χ4n) is 2.75.